The van der Waals surface area contributed by atoms with Crippen molar-refractivity contribution in [3.05, 3.63) is 121 Å². The van der Waals surface area contributed by atoms with Gasteiger partial charge in [-0.15, -0.1) is 0 Å². The van der Waals surface area contributed by atoms with E-state index in [9.17, 15) is 0 Å². The zero-order valence-corrected chi connectivity index (χ0v) is 17.9. The maximum Gasteiger partial charge on any atom is 0.143 e. The molecule has 0 aliphatic heterocycles. The molecule has 0 bridgehead atoms. The standard InChI is InChI=1S/C31H22O/c1-21-11-13-24(14-12-21)26-19-20-28-27-9-5-6-10-29(27)32-31(28)30(26)25-17-15-23(16-18-25)22-7-3-2-4-8-22/h2-20H,1H3. The normalized spacial score (nSPS) is 11.3. The van der Waals surface area contributed by atoms with Gasteiger partial charge in [-0.2, -0.15) is 0 Å². The van der Waals surface area contributed by atoms with E-state index in [1.54, 1.807) is 0 Å². The Morgan fingerprint density at radius 3 is 1.88 bits per heavy atom. The SMILES string of the molecule is Cc1ccc(-c2ccc3c(oc4ccccc43)c2-c2ccc(-c3ccccc3)cc2)cc1. The second-order valence-electron chi connectivity index (χ2n) is 8.27. The quantitative estimate of drug-likeness (QED) is 0.284. The Morgan fingerprint density at radius 2 is 1.09 bits per heavy atom. The van der Waals surface area contributed by atoms with Crippen LogP contribution in [0.5, 0.6) is 0 Å². The molecule has 152 valence electrons. The second kappa shape index (κ2) is 7.55. The number of hydrogen-bond acceptors (Lipinski definition) is 1. The zero-order chi connectivity index (χ0) is 21.5. The fraction of sp³-hybridized carbons (Fsp3) is 0.0323. The van der Waals surface area contributed by atoms with E-state index in [0.29, 0.717) is 0 Å². The molecule has 1 nitrogen and oxygen atoms in total. The molecule has 0 fully saturated rings. The summed E-state index contributed by atoms with van der Waals surface area (Å²) in [6.07, 6.45) is 0. The van der Waals surface area contributed by atoms with Gasteiger partial charge in [0.15, 0.2) is 0 Å². The predicted octanol–water partition coefficient (Wildman–Crippen LogP) is 8.90. The first-order chi connectivity index (χ1) is 15.8. The van der Waals surface area contributed by atoms with Crippen molar-refractivity contribution in [2.45, 2.75) is 6.92 Å². The maximum absolute atomic E-state index is 6.44. The first-order valence-corrected chi connectivity index (χ1v) is 10.9. The van der Waals surface area contributed by atoms with Gasteiger partial charge in [0, 0.05) is 16.3 Å². The lowest BCUT2D eigenvalue weighted by molar-refractivity contribution is 0.670. The lowest BCUT2D eigenvalue weighted by Crippen LogP contribution is -1.87. The van der Waals surface area contributed by atoms with E-state index in [0.717, 1.165) is 33.1 Å². The molecular weight excluding hydrogens is 388 g/mol. The highest BCUT2D eigenvalue weighted by molar-refractivity contribution is 6.12. The largest absolute Gasteiger partial charge is 0.455 e. The summed E-state index contributed by atoms with van der Waals surface area (Å²) >= 11 is 0. The predicted molar refractivity (Wildman–Crippen MR) is 135 cm³/mol. The Labute approximate surface area is 187 Å². The van der Waals surface area contributed by atoms with E-state index < -0.39 is 0 Å². The summed E-state index contributed by atoms with van der Waals surface area (Å²) in [6, 6.07) is 40.7. The third-order valence-electron chi connectivity index (χ3n) is 6.19. The number of benzene rings is 5. The van der Waals surface area contributed by atoms with E-state index in [4.69, 9.17) is 4.42 Å². The third kappa shape index (κ3) is 3.11. The fourth-order valence-electron chi connectivity index (χ4n) is 4.51. The summed E-state index contributed by atoms with van der Waals surface area (Å²) in [5, 5.41) is 2.30. The molecular formula is C31H22O. The molecule has 0 aliphatic rings. The topological polar surface area (TPSA) is 13.1 Å². The molecule has 0 saturated carbocycles. The number of para-hydroxylation sites is 1. The number of aryl methyl sites for hydroxylation is 1. The molecule has 0 N–H and O–H groups in total. The van der Waals surface area contributed by atoms with Crippen LogP contribution in [0.4, 0.5) is 0 Å². The van der Waals surface area contributed by atoms with E-state index >= 15 is 0 Å². The average molecular weight is 411 g/mol. The van der Waals surface area contributed by atoms with Crippen LogP contribution in [0, 0.1) is 6.92 Å². The summed E-state index contributed by atoms with van der Waals surface area (Å²) in [7, 11) is 0. The summed E-state index contributed by atoms with van der Waals surface area (Å²) in [6.45, 7) is 2.12. The molecule has 1 aromatic heterocycles. The third-order valence-corrected chi connectivity index (χ3v) is 6.19. The molecule has 0 atom stereocenters. The van der Waals surface area contributed by atoms with Crippen LogP contribution >= 0.6 is 0 Å². The van der Waals surface area contributed by atoms with Crippen LogP contribution in [0.2, 0.25) is 0 Å². The lowest BCUT2D eigenvalue weighted by Gasteiger charge is -2.12. The fourth-order valence-corrected chi connectivity index (χ4v) is 4.51. The number of furan rings is 1. The van der Waals surface area contributed by atoms with Crippen molar-refractivity contribution in [2.75, 3.05) is 0 Å². The van der Waals surface area contributed by atoms with Crippen LogP contribution in [-0.2, 0) is 0 Å². The highest BCUT2D eigenvalue weighted by atomic mass is 16.3. The highest BCUT2D eigenvalue weighted by Crippen LogP contribution is 2.42. The first-order valence-electron chi connectivity index (χ1n) is 10.9. The summed E-state index contributed by atoms with van der Waals surface area (Å²) in [5.41, 5.74) is 10.2. The summed E-state index contributed by atoms with van der Waals surface area (Å²) < 4.78 is 6.44. The van der Waals surface area contributed by atoms with Gasteiger partial charge in [-0.1, -0.05) is 109 Å². The van der Waals surface area contributed by atoms with Gasteiger partial charge in [-0.25, -0.2) is 0 Å². The Bertz CT molecular complexity index is 1540. The summed E-state index contributed by atoms with van der Waals surface area (Å²) in [4.78, 5) is 0. The van der Waals surface area contributed by atoms with Crippen molar-refractivity contribution < 1.29 is 4.42 Å². The van der Waals surface area contributed by atoms with Gasteiger partial charge in [0.05, 0.1) is 0 Å². The minimum Gasteiger partial charge on any atom is -0.455 e. The molecule has 6 rings (SSSR count). The van der Waals surface area contributed by atoms with Crippen molar-refractivity contribution in [1.82, 2.24) is 0 Å². The van der Waals surface area contributed by atoms with Gasteiger partial charge >= 0.3 is 0 Å². The molecule has 0 amide bonds. The lowest BCUT2D eigenvalue weighted by atomic mass is 9.91. The van der Waals surface area contributed by atoms with Crippen LogP contribution in [0.1, 0.15) is 5.56 Å². The molecule has 6 aromatic rings. The molecule has 0 radical (unpaired) electrons. The Morgan fingerprint density at radius 1 is 0.469 bits per heavy atom. The Hall–Kier alpha value is -4.10. The van der Waals surface area contributed by atoms with Crippen molar-refractivity contribution in [3.8, 4) is 33.4 Å². The highest BCUT2D eigenvalue weighted by Gasteiger charge is 2.17. The molecule has 1 heterocycles. The molecule has 5 aromatic carbocycles. The van der Waals surface area contributed by atoms with Crippen molar-refractivity contribution in [3.63, 3.8) is 0 Å². The molecule has 1 heteroatoms. The van der Waals surface area contributed by atoms with Crippen LogP contribution in [0.3, 0.4) is 0 Å². The number of fused-ring (bicyclic) bond motifs is 3. The molecule has 0 spiro atoms. The molecule has 32 heavy (non-hydrogen) atoms. The van der Waals surface area contributed by atoms with Crippen molar-refractivity contribution in [2.24, 2.45) is 0 Å². The minimum absolute atomic E-state index is 0.922. The van der Waals surface area contributed by atoms with E-state index in [1.807, 2.05) is 18.2 Å². The van der Waals surface area contributed by atoms with Crippen LogP contribution in [-0.4, -0.2) is 0 Å². The van der Waals surface area contributed by atoms with Crippen LogP contribution < -0.4 is 0 Å². The van der Waals surface area contributed by atoms with Crippen molar-refractivity contribution in [1.29, 1.82) is 0 Å². The van der Waals surface area contributed by atoms with E-state index in [-0.39, 0.29) is 0 Å². The van der Waals surface area contributed by atoms with Crippen LogP contribution in [0.15, 0.2) is 120 Å². The smallest absolute Gasteiger partial charge is 0.143 e. The first kappa shape index (κ1) is 18.7. The average Bonchev–Trinajstić information content (AvgIpc) is 3.23. The Kier molecular flexibility index (Phi) is 4.40. The van der Waals surface area contributed by atoms with Gasteiger partial charge in [0.2, 0.25) is 0 Å². The number of hydrogen-bond donors (Lipinski definition) is 0. The molecule has 0 unspecified atom stereocenters. The monoisotopic (exact) mass is 410 g/mol. The maximum atomic E-state index is 6.44. The van der Waals surface area contributed by atoms with Gasteiger partial charge < -0.3 is 4.42 Å². The number of rotatable bonds is 3. The minimum atomic E-state index is 0.922. The summed E-state index contributed by atoms with van der Waals surface area (Å²) in [5.74, 6) is 0. The van der Waals surface area contributed by atoms with Gasteiger partial charge in [0.25, 0.3) is 0 Å². The molecule has 0 aliphatic carbocycles. The second-order valence-corrected chi connectivity index (χ2v) is 8.27. The van der Waals surface area contributed by atoms with E-state index in [1.165, 1.54) is 27.8 Å². The van der Waals surface area contributed by atoms with Gasteiger partial charge in [0.1, 0.15) is 11.2 Å². The van der Waals surface area contributed by atoms with Crippen LogP contribution in [0.25, 0.3) is 55.3 Å². The van der Waals surface area contributed by atoms with E-state index in [2.05, 4.69) is 104 Å². The van der Waals surface area contributed by atoms with Crippen molar-refractivity contribution >= 4 is 21.9 Å². The zero-order valence-electron chi connectivity index (χ0n) is 17.9. The van der Waals surface area contributed by atoms with Gasteiger partial charge in [-0.3, -0.25) is 0 Å². The molecule has 0 saturated heterocycles. The Balaban J connectivity index is 1.60. The van der Waals surface area contributed by atoms with Gasteiger partial charge in [-0.05, 0) is 46.9 Å².